The van der Waals surface area contributed by atoms with Crippen molar-refractivity contribution in [2.75, 3.05) is 17.3 Å². The van der Waals surface area contributed by atoms with Crippen LogP contribution >= 0.6 is 0 Å². The fourth-order valence-corrected chi connectivity index (χ4v) is 2.06. The van der Waals surface area contributed by atoms with Crippen molar-refractivity contribution in [2.24, 2.45) is 0 Å². The molecule has 116 valence electrons. The third-order valence-corrected chi connectivity index (χ3v) is 3.10. The van der Waals surface area contributed by atoms with Crippen LogP contribution in [0.1, 0.15) is 0 Å². The molecule has 12 heteroatoms. The highest BCUT2D eigenvalue weighted by atomic mass is 16.1. The number of aromatic nitrogens is 8. The maximum atomic E-state index is 11.8. The van der Waals surface area contributed by atoms with Gasteiger partial charge in [-0.3, -0.25) is 19.6 Å². The minimum absolute atomic E-state index is 0.164. The molecule has 0 aliphatic heterocycles. The van der Waals surface area contributed by atoms with Gasteiger partial charge in [-0.2, -0.15) is 9.97 Å². The van der Waals surface area contributed by atoms with Crippen LogP contribution in [0.5, 0.6) is 0 Å². The minimum atomic E-state index is -0.334. The molecular weight excluding hydrogens is 304 g/mol. The Kier molecular flexibility index (Phi) is 2.79. The molecule has 0 unspecified atom stereocenters. The van der Waals surface area contributed by atoms with Gasteiger partial charge in [0.2, 0.25) is 11.9 Å². The summed E-state index contributed by atoms with van der Waals surface area (Å²) in [5.74, 6) is 0.482. The van der Waals surface area contributed by atoms with Crippen LogP contribution in [0.4, 0.5) is 11.9 Å². The first-order valence-corrected chi connectivity index (χ1v) is 6.55. The largest absolute Gasteiger partial charge is 0.339 e. The van der Waals surface area contributed by atoms with Crippen molar-refractivity contribution in [2.45, 2.75) is 0 Å². The van der Waals surface area contributed by atoms with Crippen LogP contribution in [0.3, 0.4) is 0 Å². The maximum absolute atomic E-state index is 11.8. The lowest BCUT2D eigenvalue weighted by molar-refractivity contribution is 1.05. The molecule has 0 amide bonds. The highest BCUT2D eigenvalue weighted by molar-refractivity contribution is 5.70. The Labute approximate surface area is 125 Å². The number of aromatic amines is 4. The average molecular weight is 314 g/mol. The van der Waals surface area contributed by atoms with E-state index in [1.54, 1.807) is 0 Å². The molecule has 0 aliphatic rings. The molecule has 0 spiro atoms. The first-order valence-electron chi connectivity index (χ1n) is 6.55. The number of H-pyrrole nitrogens is 4. The summed E-state index contributed by atoms with van der Waals surface area (Å²) >= 11 is 0. The second kappa shape index (κ2) is 4.94. The number of rotatable bonds is 4. The predicted octanol–water partition coefficient (Wildman–Crippen LogP) is -0.913. The van der Waals surface area contributed by atoms with E-state index in [1.165, 1.54) is 12.7 Å². The number of fused-ring (bicyclic) bond motifs is 2. The van der Waals surface area contributed by atoms with Crippen LogP contribution < -0.4 is 21.8 Å². The zero-order valence-corrected chi connectivity index (χ0v) is 11.5. The van der Waals surface area contributed by atoms with E-state index in [2.05, 4.69) is 50.5 Å². The molecule has 4 aromatic rings. The second-order valence-electron chi connectivity index (χ2n) is 4.56. The average Bonchev–Trinajstić information content (AvgIpc) is 3.16. The summed E-state index contributed by atoms with van der Waals surface area (Å²) in [5, 5.41) is 5.71. The van der Waals surface area contributed by atoms with Crippen LogP contribution in [-0.4, -0.2) is 46.5 Å². The van der Waals surface area contributed by atoms with Gasteiger partial charge in [-0.1, -0.05) is 0 Å². The van der Waals surface area contributed by atoms with Crippen molar-refractivity contribution < 1.29 is 0 Å². The van der Waals surface area contributed by atoms with Crippen LogP contribution in [0.15, 0.2) is 22.2 Å². The van der Waals surface area contributed by atoms with Gasteiger partial charge in [0.1, 0.15) is 0 Å². The number of nitrogens with one attached hydrogen (secondary N) is 6. The van der Waals surface area contributed by atoms with Crippen molar-refractivity contribution in [3.63, 3.8) is 0 Å². The standard InChI is InChI=1S/C11H10N10O2/c22-8-4-6(14-1-12-4)18-10(20-8)16-3-17-11-19-7-5(9(23)21-11)13-2-15-7/h1-2H,3H2,(H3,12,14,16,18,20,22)(H3,13,15,17,19,21,23). The highest BCUT2D eigenvalue weighted by Gasteiger charge is 2.07. The van der Waals surface area contributed by atoms with Crippen molar-refractivity contribution in [1.82, 2.24) is 39.9 Å². The summed E-state index contributed by atoms with van der Waals surface area (Å²) in [4.78, 5) is 50.1. The Morgan fingerprint density at radius 2 is 1.30 bits per heavy atom. The monoisotopic (exact) mass is 314 g/mol. The Morgan fingerprint density at radius 3 is 1.78 bits per heavy atom. The summed E-state index contributed by atoms with van der Waals surface area (Å²) in [6.45, 7) is 0.164. The van der Waals surface area contributed by atoms with Gasteiger partial charge in [-0.25, -0.2) is 9.97 Å². The summed E-state index contributed by atoms with van der Waals surface area (Å²) < 4.78 is 0. The molecule has 0 fully saturated rings. The van der Waals surface area contributed by atoms with Gasteiger partial charge in [0.25, 0.3) is 11.1 Å². The molecular formula is C11H10N10O2. The van der Waals surface area contributed by atoms with Gasteiger partial charge in [-0.15, -0.1) is 0 Å². The van der Waals surface area contributed by atoms with Crippen molar-refractivity contribution >= 4 is 34.2 Å². The van der Waals surface area contributed by atoms with E-state index in [1.807, 2.05) is 0 Å². The summed E-state index contributed by atoms with van der Waals surface area (Å²) in [6, 6.07) is 0. The molecule has 0 atom stereocenters. The predicted molar refractivity (Wildman–Crippen MR) is 81.1 cm³/mol. The van der Waals surface area contributed by atoms with Gasteiger partial charge in [0, 0.05) is 0 Å². The fraction of sp³-hybridized carbons (Fsp3) is 0.0909. The van der Waals surface area contributed by atoms with Crippen LogP contribution in [-0.2, 0) is 0 Å². The first-order chi connectivity index (χ1) is 11.2. The molecule has 6 N–H and O–H groups in total. The van der Waals surface area contributed by atoms with Crippen molar-refractivity contribution in [1.29, 1.82) is 0 Å². The molecule has 0 saturated heterocycles. The third kappa shape index (κ3) is 2.27. The number of anilines is 2. The number of hydrogen-bond acceptors (Lipinski definition) is 8. The highest BCUT2D eigenvalue weighted by Crippen LogP contribution is 2.04. The van der Waals surface area contributed by atoms with E-state index >= 15 is 0 Å². The van der Waals surface area contributed by atoms with E-state index in [9.17, 15) is 9.59 Å². The van der Waals surface area contributed by atoms with Crippen LogP contribution in [0, 0.1) is 0 Å². The SMILES string of the molecule is O=c1[nH]c(NCNc2nc3nc[nH]c3c(=O)[nH]2)nc2nc[nH]c12. The zero-order valence-electron chi connectivity index (χ0n) is 11.5. The molecule has 0 aromatic carbocycles. The lowest BCUT2D eigenvalue weighted by atomic mass is 10.5. The Hall–Kier alpha value is -3.70. The summed E-state index contributed by atoms with van der Waals surface area (Å²) in [6.07, 6.45) is 2.78. The van der Waals surface area contributed by atoms with Crippen molar-refractivity contribution in [3.05, 3.63) is 33.4 Å². The second-order valence-corrected chi connectivity index (χ2v) is 4.56. The third-order valence-electron chi connectivity index (χ3n) is 3.10. The van der Waals surface area contributed by atoms with Gasteiger partial charge >= 0.3 is 0 Å². The number of imidazole rings is 2. The Bertz CT molecular complexity index is 1020. The molecule has 0 bridgehead atoms. The molecule has 0 saturated carbocycles. The molecule has 0 radical (unpaired) electrons. The number of nitrogens with zero attached hydrogens (tertiary/aromatic N) is 4. The fourth-order valence-electron chi connectivity index (χ4n) is 2.06. The Morgan fingerprint density at radius 1 is 0.826 bits per heavy atom. The first kappa shape index (κ1) is 13.0. The van der Waals surface area contributed by atoms with E-state index in [0.717, 1.165) is 0 Å². The normalized spacial score (nSPS) is 11.1. The molecule has 0 aliphatic carbocycles. The molecule has 4 aromatic heterocycles. The molecule has 12 nitrogen and oxygen atoms in total. The van der Waals surface area contributed by atoms with Gasteiger partial charge in [0.15, 0.2) is 22.3 Å². The summed E-state index contributed by atoms with van der Waals surface area (Å²) in [5.41, 5.74) is 0.553. The Balaban J connectivity index is 1.51. The van der Waals surface area contributed by atoms with Crippen LogP contribution in [0.2, 0.25) is 0 Å². The lowest BCUT2D eigenvalue weighted by Gasteiger charge is -2.07. The summed E-state index contributed by atoms with van der Waals surface area (Å²) in [7, 11) is 0. The van der Waals surface area contributed by atoms with E-state index in [0.29, 0.717) is 22.3 Å². The topological polar surface area (TPSA) is 173 Å². The van der Waals surface area contributed by atoms with E-state index < -0.39 is 0 Å². The van der Waals surface area contributed by atoms with Crippen molar-refractivity contribution in [3.8, 4) is 0 Å². The molecule has 4 rings (SSSR count). The van der Waals surface area contributed by atoms with E-state index in [4.69, 9.17) is 0 Å². The van der Waals surface area contributed by atoms with Crippen LogP contribution in [0.25, 0.3) is 22.3 Å². The zero-order chi connectivity index (χ0) is 15.8. The maximum Gasteiger partial charge on any atom is 0.278 e. The lowest BCUT2D eigenvalue weighted by Crippen LogP contribution is -2.20. The molecule has 4 heterocycles. The minimum Gasteiger partial charge on any atom is -0.339 e. The number of hydrogen-bond donors (Lipinski definition) is 6. The molecule has 23 heavy (non-hydrogen) atoms. The van der Waals surface area contributed by atoms with E-state index in [-0.39, 0.29) is 29.7 Å². The van der Waals surface area contributed by atoms with Gasteiger partial charge < -0.3 is 20.6 Å². The van der Waals surface area contributed by atoms with Gasteiger partial charge in [0.05, 0.1) is 19.3 Å². The smallest absolute Gasteiger partial charge is 0.278 e. The quantitative estimate of drug-likeness (QED) is 0.262. The van der Waals surface area contributed by atoms with Gasteiger partial charge in [-0.05, 0) is 0 Å².